The number of hydrogen-bond acceptors (Lipinski definition) is 6. The minimum Gasteiger partial charge on any atom is -0.453 e. The maximum Gasteiger partial charge on any atom is 0.411 e. The summed E-state index contributed by atoms with van der Waals surface area (Å²) in [7, 11) is 2.76. The van der Waals surface area contributed by atoms with Crippen LogP contribution in [0.5, 0.6) is 0 Å². The molecule has 0 spiro atoms. The number of nitrogens with one attached hydrogen (secondary N) is 1. The zero-order chi connectivity index (χ0) is 15.7. The third-order valence-electron chi connectivity index (χ3n) is 2.51. The fraction of sp³-hybridized carbons (Fsp3) is 0.357. The van der Waals surface area contributed by atoms with Gasteiger partial charge >= 0.3 is 6.09 Å². The summed E-state index contributed by atoms with van der Waals surface area (Å²) >= 11 is 0. The normalized spacial score (nSPS) is 12.9. The molecule has 1 amide bonds. The number of rotatable bonds is 6. The minimum atomic E-state index is -0.541. The van der Waals surface area contributed by atoms with E-state index in [0.29, 0.717) is 11.4 Å². The third-order valence-corrected chi connectivity index (χ3v) is 2.51. The first-order chi connectivity index (χ1) is 10.1. The van der Waals surface area contributed by atoms with Crippen molar-refractivity contribution in [3.63, 3.8) is 0 Å². The van der Waals surface area contributed by atoms with Crippen molar-refractivity contribution in [3.8, 4) is 0 Å². The molecule has 1 N–H and O–H groups in total. The van der Waals surface area contributed by atoms with Crippen LogP contribution in [0.1, 0.15) is 25.5 Å². The Kier molecular flexibility index (Phi) is 6.73. The molecule has 1 atom stereocenters. The summed E-state index contributed by atoms with van der Waals surface area (Å²) in [5.74, 6) is 0. The zero-order valence-corrected chi connectivity index (χ0v) is 12.5. The topological polar surface area (TPSA) is 81.5 Å². The van der Waals surface area contributed by atoms with Crippen molar-refractivity contribution in [2.24, 2.45) is 10.3 Å². The van der Waals surface area contributed by atoms with E-state index < -0.39 is 6.09 Å². The van der Waals surface area contributed by atoms with Crippen LogP contribution in [0.15, 0.2) is 34.6 Å². The zero-order valence-electron chi connectivity index (χ0n) is 12.5. The number of carbonyl (C=O) groups excluding carboxylic acids is 1. The second-order valence-corrected chi connectivity index (χ2v) is 4.10. The van der Waals surface area contributed by atoms with E-state index in [-0.39, 0.29) is 6.10 Å². The first kappa shape index (κ1) is 16.5. The summed E-state index contributed by atoms with van der Waals surface area (Å²) in [5, 5.41) is 10.1. The summed E-state index contributed by atoms with van der Waals surface area (Å²) in [4.78, 5) is 21.2. The van der Waals surface area contributed by atoms with Gasteiger partial charge < -0.3 is 14.4 Å². The van der Waals surface area contributed by atoms with Crippen LogP contribution in [0.25, 0.3) is 0 Å². The lowest BCUT2D eigenvalue weighted by Crippen LogP contribution is -2.13. The highest BCUT2D eigenvalue weighted by Crippen LogP contribution is 2.25. The number of ether oxygens (including phenoxy) is 1. The molecule has 1 unspecified atom stereocenters. The molecule has 0 aliphatic heterocycles. The number of amides is 1. The molecule has 0 heterocycles. The maximum atomic E-state index is 11.3. The standard InChI is InChI=1S/C14H19N3O4/c1-10(17-20-4)9-15-21-11(2)12-7-5-6-8-13(12)16-14(18)19-3/h5-9,11H,1-4H3,(H,16,18)/b15-9-,17-10-. The van der Waals surface area contributed by atoms with E-state index in [1.165, 1.54) is 20.4 Å². The molecule has 0 saturated heterocycles. The molecule has 7 heteroatoms. The van der Waals surface area contributed by atoms with Gasteiger partial charge in [0, 0.05) is 5.56 Å². The molecule has 0 radical (unpaired) electrons. The lowest BCUT2D eigenvalue weighted by molar-refractivity contribution is 0.0743. The van der Waals surface area contributed by atoms with E-state index in [1.807, 2.05) is 19.1 Å². The van der Waals surface area contributed by atoms with E-state index in [0.717, 1.165) is 5.56 Å². The molecule has 21 heavy (non-hydrogen) atoms. The van der Waals surface area contributed by atoms with Gasteiger partial charge in [-0.1, -0.05) is 28.5 Å². The van der Waals surface area contributed by atoms with Gasteiger partial charge in [0.1, 0.15) is 7.11 Å². The van der Waals surface area contributed by atoms with Gasteiger partial charge in [-0.3, -0.25) is 5.32 Å². The van der Waals surface area contributed by atoms with Gasteiger partial charge in [-0.05, 0) is 19.9 Å². The third kappa shape index (κ3) is 5.52. The monoisotopic (exact) mass is 293 g/mol. The van der Waals surface area contributed by atoms with Crippen molar-refractivity contribution in [1.82, 2.24) is 0 Å². The fourth-order valence-electron chi connectivity index (χ4n) is 1.55. The van der Waals surface area contributed by atoms with Crippen LogP contribution in [-0.4, -0.2) is 32.2 Å². The van der Waals surface area contributed by atoms with Crippen LogP contribution in [-0.2, 0) is 14.4 Å². The smallest absolute Gasteiger partial charge is 0.411 e. The van der Waals surface area contributed by atoms with E-state index in [4.69, 9.17) is 4.84 Å². The quantitative estimate of drug-likeness (QED) is 0.645. The number of para-hydroxylation sites is 1. The lowest BCUT2D eigenvalue weighted by atomic mass is 10.1. The van der Waals surface area contributed by atoms with Crippen molar-refractivity contribution >= 4 is 23.7 Å². The molecular formula is C14H19N3O4. The second kappa shape index (κ2) is 8.57. The van der Waals surface area contributed by atoms with Crippen molar-refractivity contribution in [2.45, 2.75) is 20.0 Å². The Labute approximate surface area is 123 Å². The summed E-state index contributed by atoms with van der Waals surface area (Å²) < 4.78 is 4.58. The Morgan fingerprint density at radius 3 is 2.71 bits per heavy atom. The SMILES string of the molecule is CO/N=C(C)\C=N/OC(C)c1ccccc1NC(=O)OC. The van der Waals surface area contributed by atoms with Crippen LogP contribution in [0.4, 0.5) is 10.5 Å². The lowest BCUT2D eigenvalue weighted by Gasteiger charge is -2.14. The van der Waals surface area contributed by atoms with Crippen molar-refractivity contribution in [3.05, 3.63) is 29.8 Å². The first-order valence-electron chi connectivity index (χ1n) is 6.29. The molecule has 0 saturated carbocycles. The second-order valence-electron chi connectivity index (χ2n) is 4.10. The van der Waals surface area contributed by atoms with E-state index >= 15 is 0 Å². The van der Waals surface area contributed by atoms with Crippen LogP contribution in [0, 0.1) is 0 Å². The number of oxime groups is 2. The largest absolute Gasteiger partial charge is 0.453 e. The summed E-state index contributed by atoms with van der Waals surface area (Å²) in [5.41, 5.74) is 1.96. The Balaban J connectivity index is 2.76. The number of methoxy groups -OCH3 is 1. The highest BCUT2D eigenvalue weighted by atomic mass is 16.6. The van der Waals surface area contributed by atoms with Gasteiger partial charge in [-0.2, -0.15) is 0 Å². The Morgan fingerprint density at radius 1 is 1.33 bits per heavy atom. The van der Waals surface area contributed by atoms with Crippen molar-refractivity contribution in [2.75, 3.05) is 19.5 Å². The average Bonchev–Trinajstić information content (AvgIpc) is 2.47. The molecule has 0 fully saturated rings. The van der Waals surface area contributed by atoms with Crippen molar-refractivity contribution < 1.29 is 19.2 Å². The Bertz CT molecular complexity index is 529. The predicted octanol–water partition coefficient (Wildman–Crippen LogP) is 2.95. The van der Waals surface area contributed by atoms with Crippen molar-refractivity contribution in [1.29, 1.82) is 0 Å². The average molecular weight is 293 g/mol. The maximum absolute atomic E-state index is 11.3. The van der Waals surface area contributed by atoms with E-state index in [2.05, 4.69) is 25.2 Å². The first-order valence-corrected chi connectivity index (χ1v) is 6.29. The number of benzene rings is 1. The van der Waals surface area contributed by atoms with Gasteiger partial charge in [0.25, 0.3) is 0 Å². The molecule has 7 nitrogen and oxygen atoms in total. The summed E-state index contributed by atoms with van der Waals surface area (Å²) in [6, 6.07) is 7.24. The van der Waals surface area contributed by atoms with E-state index in [9.17, 15) is 4.79 Å². The predicted molar refractivity (Wildman–Crippen MR) is 80.6 cm³/mol. The molecule has 0 bridgehead atoms. The van der Waals surface area contributed by atoms with Crippen LogP contribution < -0.4 is 5.32 Å². The van der Waals surface area contributed by atoms with Gasteiger partial charge in [0.15, 0.2) is 6.10 Å². The Hall–Kier alpha value is -2.57. The van der Waals surface area contributed by atoms with Gasteiger partial charge in [0.2, 0.25) is 0 Å². The van der Waals surface area contributed by atoms with Gasteiger partial charge in [-0.15, -0.1) is 0 Å². The Morgan fingerprint density at radius 2 is 2.05 bits per heavy atom. The van der Waals surface area contributed by atoms with Crippen LogP contribution in [0.3, 0.4) is 0 Å². The van der Waals surface area contributed by atoms with Crippen LogP contribution >= 0.6 is 0 Å². The summed E-state index contributed by atoms with van der Waals surface area (Å²) in [6.45, 7) is 3.55. The van der Waals surface area contributed by atoms with E-state index in [1.54, 1.807) is 19.1 Å². The molecular weight excluding hydrogens is 274 g/mol. The molecule has 0 aliphatic rings. The summed E-state index contributed by atoms with van der Waals surface area (Å²) in [6.07, 6.45) is 0.544. The highest BCUT2D eigenvalue weighted by molar-refractivity contribution is 6.29. The molecule has 1 aromatic carbocycles. The van der Waals surface area contributed by atoms with Gasteiger partial charge in [0.05, 0.1) is 24.7 Å². The number of hydrogen-bond donors (Lipinski definition) is 1. The highest BCUT2D eigenvalue weighted by Gasteiger charge is 2.13. The van der Waals surface area contributed by atoms with Gasteiger partial charge in [-0.25, -0.2) is 4.79 Å². The molecule has 114 valence electrons. The fourth-order valence-corrected chi connectivity index (χ4v) is 1.55. The number of anilines is 1. The molecule has 0 aliphatic carbocycles. The molecule has 1 rings (SSSR count). The number of nitrogens with zero attached hydrogens (tertiary/aromatic N) is 2. The molecule has 0 aromatic heterocycles. The minimum absolute atomic E-state index is 0.357. The number of carbonyl (C=O) groups is 1. The van der Waals surface area contributed by atoms with Crippen LogP contribution in [0.2, 0.25) is 0 Å². The molecule has 1 aromatic rings.